The van der Waals surface area contributed by atoms with E-state index in [2.05, 4.69) is 10.2 Å². The third kappa shape index (κ3) is 4.54. The average molecular weight is 415 g/mol. The highest BCUT2D eigenvalue weighted by molar-refractivity contribution is 7.98. The van der Waals surface area contributed by atoms with Crippen molar-refractivity contribution in [3.8, 4) is 17.2 Å². The largest absolute Gasteiger partial charge is 0.496 e. The lowest BCUT2D eigenvalue weighted by molar-refractivity contribution is -0.384. The molecule has 0 saturated carbocycles. The van der Waals surface area contributed by atoms with E-state index in [9.17, 15) is 14.9 Å². The van der Waals surface area contributed by atoms with Crippen LogP contribution in [0.4, 0.5) is 5.69 Å². The van der Waals surface area contributed by atoms with Gasteiger partial charge in [0.25, 0.3) is 11.6 Å². The number of nitro groups is 1. The smallest absolute Gasteiger partial charge is 0.342 e. The molecule has 0 saturated heterocycles. The number of ether oxygens (including phenoxy) is 2. The second kappa shape index (κ2) is 8.74. The molecule has 1 atom stereocenters. The van der Waals surface area contributed by atoms with Gasteiger partial charge in [0.05, 0.1) is 12.0 Å². The van der Waals surface area contributed by atoms with Gasteiger partial charge < -0.3 is 13.9 Å². The van der Waals surface area contributed by atoms with Crippen LogP contribution in [-0.4, -0.2) is 34.5 Å². The van der Waals surface area contributed by atoms with Crippen molar-refractivity contribution < 1.29 is 23.6 Å². The van der Waals surface area contributed by atoms with Crippen LogP contribution in [0.15, 0.2) is 51.8 Å². The summed E-state index contributed by atoms with van der Waals surface area (Å²) in [6.07, 6.45) is 1.12. The molecule has 0 bridgehead atoms. The molecule has 1 aromatic heterocycles. The van der Waals surface area contributed by atoms with Crippen LogP contribution in [0.1, 0.15) is 29.3 Å². The summed E-state index contributed by atoms with van der Waals surface area (Å²) >= 11 is 1.53. The third-order valence-electron chi connectivity index (χ3n) is 4.03. The van der Waals surface area contributed by atoms with E-state index in [1.54, 1.807) is 25.1 Å². The number of hydrogen-bond donors (Lipinski definition) is 0. The van der Waals surface area contributed by atoms with Crippen LogP contribution in [0.5, 0.6) is 5.75 Å². The van der Waals surface area contributed by atoms with E-state index in [-0.39, 0.29) is 23.0 Å². The number of nitrogens with zero attached hydrogens (tertiary/aromatic N) is 3. The molecule has 9 nitrogen and oxygen atoms in total. The van der Waals surface area contributed by atoms with Gasteiger partial charge in [0.2, 0.25) is 5.89 Å². The molecule has 10 heteroatoms. The second-order valence-corrected chi connectivity index (χ2v) is 6.74. The predicted octanol–water partition coefficient (Wildman–Crippen LogP) is 4.29. The highest BCUT2D eigenvalue weighted by atomic mass is 32.2. The van der Waals surface area contributed by atoms with Crippen LogP contribution in [0.25, 0.3) is 11.5 Å². The summed E-state index contributed by atoms with van der Waals surface area (Å²) in [5, 5.41) is 18.6. The fourth-order valence-corrected chi connectivity index (χ4v) is 2.91. The molecular weight excluding hydrogens is 398 g/mol. The number of benzene rings is 2. The summed E-state index contributed by atoms with van der Waals surface area (Å²) < 4.78 is 16.3. The minimum absolute atomic E-state index is 0.0442. The number of esters is 1. The molecule has 150 valence electrons. The minimum atomic E-state index is -0.799. The normalized spacial score (nSPS) is 11.7. The number of hydrogen-bond acceptors (Lipinski definition) is 9. The number of carbonyl (C=O) groups excluding carboxylic acids is 1. The van der Waals surface area contributed by atoms with Crippen molar-refractivity contribution in [2.45, 2.75) is 17.9 Å². The van der Waals surface area contributed by atoms with Gasteiger partial charge in [-0.15, -0.1) is 22.0 Å². The van der Waals surface area contributed by atoms with E-state index in [1.807, 2.05) is 6.26 Å². The van der Waals surface area contributed by atoms with Crippen LogP contribution in [0.3, 0.4) is 0 Å². The van der Waals surface area contributed by atoms with Gasteiger partial charge in [0, 0.05) is 22.6 Å². The Morgan fingerprint density at radius 1 is 1.21 bits per heavy atom. The summed E-state index contributed by atoms with van der Waals surface area (Å²) in [6, 6.07) is 10.9. The first-order valence-electron chi connectivity index (χ1n) is 8.44. The van der Waals surface area contributed by atoms with E-state index in [0.717, 1.165) is 4.90 Å². The lowest BCUT2D eigenvalue weighted by atomic mass is 10.2. The van der Waals surface area contributed by atoms with Crippen LogP contribution in [-0.2, 0) is 4.74 Å². The second-order valence-electron chi connectivity index (χ2n) is 5.86. The number of nitro benzene ring substituents is 1. The zero-order valence-corrected chi connectivity index (χ0v) is 16.6. The van der Waals surface area contributed by atoms with E-state index >= 15 is 0 Å². The van der Waals surface area contributed by atoms with Gasteiger partial charge in [-0.2, -0.15) is 0 Å². The summed E-state index contributed by atoms with van der Waals surface area (Å²) in [6.45, 7) is 1.60. The van der Waals surface area contributed by atoms with E-state index in [1.165, 1.54) is 43.1 Å². The molecule has 0 aliphatic rings. The average Bonchev–Trinajstić information content (AvgIpc) is 3.23. The van der Waals surface area contributed by atoms with Crippen molar-refractivity contribution in [1.82, 2.24) is 10.2 Å². The molecular formula is C19H17N3O6S. The van der Waals surface area contributed by atoms with Gasteiger partial charge in [-0.3, -0.25) is 10.1 Å². The quantitative estimate of drug-likeness (QED) is 0.241. The molecule has 0 unspecified atom stereocenters. The van der Waals surface area contributed by atoms with Gasteiger partial charge in [-0.05, 0) is 43.5 Å². The van der Waals surface area contributed by atoms with E-state index in [0.29, 0.717) is 11.3 Å². The molecule has 0 radical (unpaired) electrons. The van der Waals surface area contributed by atoms with Gasteiger partial charge in [-0.25, -0.2) is 4.79 Å². The number of aromatic nitrogens is 2. The van der Waals surface area contributed by atoms with Gasteiger partial charge >= 0.3 is 5.97 Å². The standard InChI is InChI=1S/C19H17N3O6S/c1-11(27-19(23)15-9-8-14(29-3)10-16(15)26-2)17-20-21-18(28-17)12-4-6-13(7-5-12)22(24)25/h4-11H,1-3H3/t11-/m1/s1. The van der Waals surface area contributed by atoms with Crippen molar-refractivity contribution in [1.29, 1.82) is 0 Å². The summed E-state index contributed by atoms with van der Waals surface area (Å²) in [4.78, 5) is 23.7. The first-order valence-corrected chi connectivity index (χ1v) is 9.66. The molecule has 3 aromatic rings. The van der Waals surface area contributed by atoms with Crippen LogP contribution >= 0.6 is 11.8 Å². The summed E-state index contributed by atoms with van der Waals surface area (Å²) in [7, 11) is 1.48. The molecule has 3 rings (SSSR count). The fraction of sp³-hybridized carbons (Fsp3) is 0.211. The van der Waals surface area contributed by atoms with Crippen molar-refractivity contribution in [3.05, 3.63) is 64.0 Å². The highest BCUT2D eigenvalue weighted by Gasteiger charge is 2.22. The monoisotopic (exact) mass is 415 g/mol. The molecule has 1 heterocycles. The first kappa shape index (κ1) is 20.3. The van der Waals surface area contributed by atoms with Crippen molar-refractivity contribution in [3.63, 3.8) is 0 Å². The Balaban J connectivity index is 1.74. The van der Waals surface area contributed by atoms with Crippen molar-refractivity contribution in [2.24, 2.45) is 0 Å². The maximum absolute atomic E-state index is 12.5. The predicted molar refractivity (Wildman–Crippen MR) is 105 cm³/mol. The number of rotatable bonds is 7. The Bertz CT molecular complexity index is 1030. The molecule has 0 spiro atoms. The lowest BCUT2D eigenvalue weighted by Crippen LogP contribution is -2.11. The molecule has 2 aromatic carbocycles. The molecule has 0 N–H and O–H groups in total. The van der Waals surface area contributed by atoms with Gasteiger partial charge in [0.15, 0.2) is 6.10 Å². The summed E-state index contributed by atoms with van der Waals surface area (Å²) in [5.41, 5.74) is 0.756. The SMILES string of the molecule is COc1cc(SC)ccc1C(=O)O[C@H](C)c1nnc(-c2ccc([N+](=O)[O-])cc2)o1. The van der Waals surface area contributed by atoms with Crippen LogP contribution in [0, 0.1) is 10.1 Å². The van der Waals surface area contributed by atoms with Crippen LogP contribution in [0.2, 0.25) is 0 Å². The number of non-ortho nitro benzene ring substituents is 1. The fourth-order valence-electron chi connectivity index (χ4n) is 2.48. The Morgan fingerprint density at radius 3 is 2.55 bits per heavy atom. The van der Waals surface area contributed by atoms with Crippen molar-refractivity contribution in [2.75, 3.05) is 13.4 Å². The zero-order chi connectivity index (χ0) is 21.0. The van der Waals surface area contributed by atoms with E-state index in [4.69, 9.17) is 13.9 Å². The number of methoxy groups -OCH3 is 1. The molecule has 0 aliphatic carbocycles. The Morgan fingerprint density at radius 2 is 1.93 bits per heavy atom. The third-order valence-corrected chi connectivity index (χ3v) is 4.75. The Kier molecular flexibility index (Phi) is 6.13. The number of thioether (sulfide) groups is 1. The maximum atomic E-state index is 12.5. The van der Waals surface area contributed by atoms with Gasteiger partial charge in [-0.1, -0.05) is 0 Å². The summed E-state index contributed by atoms with van der Waals surface area (Å²) in [5.74, 6) is 0.0920. The molecule has 29 heavy (non-hydrogen) atoms. The lowest BCUT2D eigenvalue weighted by Gasteiger charge is -2.12. The molecule has 0 aliphatic heterocycles. The van der Waals surface area contributed by atoms with Crippen LogP contribution < -0.4 is 4.74 Å². The molecule has 0 fully saturated rings. The zero-order valence-electron chi connectivity index (χ0n) is 15.8. The van der Waals surface area contributed by atoms with E-state index < -0.39 is 17.0 Å². The van der Waals surface area contributed by atoms with Gasteiger partial charge in [0.1, 0.15) is 11.3 Å². The first-order chi connectivity index (χ1) is 13.9. The molecule has 0 amide bonds. The Hall–Kier alpha value is -3.40. The Labute approximate surface area is 170 Å². The number of carbonyl (C=O) groups is 1. The topological polar surface area (TPSA) is 118 Å². The van der Waals surface area contributed by atoms with Crippen molar-refractivity contribution >= 4 is 23.4 Å². The highest BCUT2D eigenvalue weighted by Crippen LogP contribution is 2.28. The minimum Gasteiger partial charge on any atom is -0.496 e. The maximum Gasteiger partial charge on any atom is 0.342 e.